The second-order valence-corrected chi connectivity index (χ2v) is 5.47. The van der Waals surface area contributed by atoms with Gasteiger partial charge in [-0.3, -0.25) is 9.59 Å². The van der Waals surface area contributed by atoms with E-state index in [1.807, 2.05) is 0 Å². The summed E-state index contributed by atoms with van der Waals surface area (Å²) in [6, 6.07) is 12.9. The molecule has 3 rings (SSSR count). The molecule has 2 N–H and O–H groups in total. The van der Waals surface area contributed by atoms with Gasteiger partial charge in [0.25, 0.3) is 11.7 Å². The Kier molecular flexibility index (Phi) is 4.43. The van der Waals surface area contributed by atoms with Gasteiger partial charge in [-0.2, -0.15) is 0 Å². The summed E-state index contributed by atoms with van der Waals surface area (Å²) in [5.41, 5.74) is 1.01. The summed E-state index contributed by atoms with van der Waals surface area (Å²) in [5, 5.41) is 13.2. The maximum absolute atomic E-state index is 12.3. The highest BCUT2D eigenvalue weighted by Gasteiger charge is 2.40. The highest BCUT2D eigenvalue weighted by Crippen LogP contribution is 2.38. The van der Waals surface area contributed by atoms with E-state index in [4.69, 9.17) is 9.47 Å². The first-order chi connectivity index (χ1) is 12.1. The predicted molar refractivity (Wildman–Crippen MR) is 91.4 cm³/mol. The average Bonchev–Trinajstić information content (AvgIpc) is 2.95. The molecule has 0 radical (unpaired) electrons. The van der Waals surface area contributed by atoms with Gasteiger partial charge in [-0.1, -0.05) is 30.3 Å². The molecule has 2 aromatic carbocycles. The molecule has 0 aromatic heterocycles. The maximum atomic E-state index is 12.3. The van der Waals surface area contributed by atoms with Crippen LogP contribution in [0.5, 0.6) is 11.5 Å². The molecule has 1 saturated heterocycles. The van der Waals surface area contributed by atoms with Crippen LogP contribution in [0.25, 0.3) is 5.76 Å². The fourth-order valence-electron chi connectivity index (χ4n) is 2.81. The number of ether oxygens (including phenoxy) is 2. The van der Waals surface area contributed by atoms with Crippen LogP contribution in [0.2, 0.25) is 0 Å². The molecule has 0 aliphatic carbocycles. The van der Waals surface area contributed by atoms with Gasteiger partial charge in [-0.05, 0) is 12.1 Å². The number of ketones is 1. The van der Waals surface area contributed by atoms with E-state index in [1.165, 1.54) is 14.2 Å². The third-order valence-corrected chi connectivity index (χ3v) is 4.07. The fourth-order valence-corrected chi connectivity index (χ4v) is 2.81. The standard InChI is InChI=1S/C19H17NO5/c1-24-12-8-9-13(14(10-12)25-2)16-15(18(22)19(23)20-16)17(21)11-6-4-3-5-7-11/h3-10,16,21H,1-2H3,(H,20,23)/t16-/m1/s1. The number of aliphatic hydroxyl groups is 1. The molecule has 128 valence electrons. The molecule has 25 heavy (non-hydrogen) atoms. The van der Waals surface area contributed by atoms with Crippen LogP contribution in [0.4, 0.5) is 0 Å². The van der Waals surface area contributed by atoms with Gasteiger partial charge in [0.1, 0.15) is 17.3 Å². The maximum Gasteiger partial charge on any atom is 0.293 e. The molecule has 0 spiro atoms. The largest absolute Gasteiger partial charge is 0.507 e. The number of hydrogen-bond donors (Lipinski definition) is 2. The van der Waals surface area contributed by atoms with Crippen molar-refractivity contribution >= 4 is 17.4 Å². The van der Waals surface area contributed by atoms with E-state index < -0.39 is 17.7 Å². The zero-order chi connectivity index (χ0) is 18.0. The third-order valence-electron chi connectivity index (χ3n) is 4.07. The first-order valence-electron chi connectivity index (χ1n) is 7.62. The molecule has 0 unspecified atom stereocenters. The second kappa shape index (κ2) is 6.68. The average molecular weight is 339 g/mol. The first-order valence-corrected chi connectivity index (χ1v) is 7.62. The molecule has 1 fully saturated rings. The number of methoxy groups -OCH3 is 2. The lowest BCUT2D eigenvalue weighted by Crippen LogP contribution is -2.21. The number of carbonyl (C=O) groups is 2. The molecule has 0 saturated carbocycles. The first kappa shape index (κ1) is 16.6. The van der Waals surface area contributed by atoms with Crippen molar-refractivity contribution in [2.75, 3.05) is 14.2 Å². The van der Waals surface area contributed by atoms with Crippen molar-refractivity contribution in [1.29, 1.82) is 0 Å². The lowest BCUT2D eigenvalue weighted by molar-refractivity contribution is -0.133. The van der Waals surface area contributed by atoms with E-state index in [0.29, 0.717) is 22.6 Å². The van der Waals surface area contributed by atoms with Crippen LogP contribution in [0, 0.1) is 0 Å². The number of aliphatic hydroxyl groups excluding tert-OH is 1. The Morgan fingerprint density at radius 1 is 1.04 bits per heavy atom. The van der Waals surface area contributed by atoms with Crippen LogP contribution in [0.15, 0.2) is 54.1 Å². The molecule has 6 nitrogen and oxygen atoms in total. The Bertz CT molecular complexity index is 857. The number of hydrogen-bond acceptors (Lipinski definition) is 5. The summed E-state index contributed by atoms with van der Waals surface area (Å²) in [6.45, 7) is 0. The van der Waals surface area contributed by atoms with Crippen LogP contribution < -0.4 is 14.8 Å². The summed E-state index contributed by atoms with van der Waals surface area (Å²) in [4.78, 5) is 24.3. The van der Waals surface area contributed by atoms with Crippen molar-refractivity contribution in [3.8, 4) is 11.5 Å². The molecular weight excluding hydrogens is 322 g/mol. The lowest BCUT2D eigenvalue weighted by atomic mass is 9.95. The van der Waals surface area contributed by atoms with Crippen molar-refractivity contribution in [1.82, 2.24) is 5.32 Å². The summed E-state index contributed by atoms with van der Waals surface area (Å²) in [7, 11) is 3.01. The molecule has 1 aliphatic rings. The van der Waals surface area contributed by atoms with E-state index >= 15 is 0 Å². The minimum Gasteiger partial charge on any atom is -0.507 e. The molecule has 1 amide bonds. The zero-order valence-electron chi connectivity index (χ0n) is 13.8. The molecule has 0 bridgehead atoms. The zero-order valence-corrected chi connectivity index (χ0v) is 13.8. The number of rotatable bonds is 4. The van der Waals surface area contributed by atoms with Crippen molar-refractivity contribution in [2.45, 2.75) is 6.04 Å². The van der Waals surface area contributed by atoms with Crippen LogP contribution in [0.3, 0.4) is 0 Å². The monoisotopic (exact) mass is 339 g/mol. The summed E-state index contributed by atoms with van der Waals surface area (Å²) in [5.74, 6) is -0.733. The van der Waals surface area contributed by atoms with Crippen LogP contribution in [-0.2, 0) is 9.59 Å². The van der Waals surface area contributed by atoms with Gasteiger partial charge < -0.3 is 19.9 Å². The Hall–Kier alpha value is -3.28. The van der Waals surface area contributed by atoms with Gasteiger partial charge in [-0.15, -0.1) is 0 Å². The number of carbonyl (C=O) groups excluding carboxylic acids is 2. The highest BCUT2D eigenvalue weighted by molar-refractivity contribution is 6.46. The van der Waals surface area contributed by atoms with E-state index in [0.717, 1.165) is 0 Å². The molecule has 6 heteroatoms. The number of benzene rings is 2. The van der Waals surface area contributed by atoms with Gasteiger partial charge in [0.2, 0.25) is 0 Å². The third kappa shape index (κ3) is 2.94. The quantitative estimate of drug-likeness (QED) is 0.508. The second-order valence-electron chi connectivity index (χ2n) is 5.47. The number of nitrogens with one attached hydrogen (secondary N) is 1. The Morgan fingerprint density at radius 3 is 2.40 bits per heavy atom. The fraction of sp³-hybridized carbons (Fsp3) is 0.158. The predicted octanol–water partition coefficient (Wildman–Crippen LogP) is 2.41. The lowest BCUT2D eigenvalue weighted by Gasteiger charge is -2.17. The SMILES string of the molecule is COc1ccc([C@H]2NC(=O)C(=O)C2=C(O)c2ccccc2)c(OC)c1. The van der Waals surface area contributed by atoms with Crippen molar-refractivity contribution < 1.29 is 24.2 Å². The Morgan fingerprint density at radius 2 is 1.76 bits per heavy atom. The molecule has 1 heterocycles. The van der Waals surface area contributed by atoms with Crippen molar-refractivity contribution in [3.05, 3.63) is 65.2 Å². The summed E-state index contributed by atoms with van der Waals surface area (Å²) >= 11 is 0. The molecule has 1 aliphatic heterocycles. The Balaban J connectivity index is 2.15. The molecule has 2 aromatic rings. The summed E-state index contributed by atoms with van der Waals surface area (Å²) in [6.07, 6.45) is 0. The topological polar surface area (TPSA) is 84.9 Å². The number of Topliss-reactive ketones (excluding diaryl/α,β-unsaturated/α-hetero) is 1. The van der Waals surface area contributed by atoms with E-state index in [9.17, 15) is 14.7 Å². The number of amides is 1. The molecule has 1 atom stereocenters. The van der Waals surface area contributed by atoms with Gasteiger partial charge >= 0.3 is 0 Å². The summed E-state index contributed by atoms with van der Waals surface area (Å²) < 4.78 is 10.5. The van der Waals surface area contributed by atoms with Crippen LogP contribution in [0.1, 0.15) is 17.2 Å². The van der Waals surface area contributed by atoms with Gasteiger partial charge in [-0.25, -0.2) is 0 Å². The molecular formula is C19H17NO5. The van der Waals surface area contributed by atoms with Gasteiger partial charge in [0, 0.05) is 17.2 Å². The normalized spacial score (nSPS) is 18.7. The Labute approximate surface area is 144 Å². The van der Waals surface area contributed by atoms with E-state index in [1.54, 1.807) is 48.5 Å². The van der Waals surface area contributed by atoms with Crippen molar-refractivity contribution in [3.63, 3.8) is 0 Å². The smallest absolute Gasteiger partial charge is 0.293 e. The van der Waals surface area contributed by atoms with Crippen LogP contribution in [-0.4, -0.2) is 31.0 Å². The van der Waals surface area contributed by atoms with Gasteiger partial charge in [0.15, 0.2) is 0 Å². The van der Waals surface area contributed by atoms with E-state index in [2.05, 4.69) is 5.32 Å². The minimum absolute atomic E-state index is 0.000308. The van der Waals surface area contributed by atoms with Crippen molar-refractivity contribution in [2.24, 2.45) is 0 Å². The van der Waals surface area contributed by atoms with Crippen LogP contribution >= 0.6 is 0 Å². The van der Waals surface area contributed by atoms with Gasteiger partial charge in [0.05, 0.1) is 25.8 Å². The highest BCUT2D eigenvalue weighted by atomic mass is 16.5. The van der Waals surface area contributed by atoms with E-state index in [-0.39, 0.29) is 11.3 Å². The minimum atomic E-state index is -0.805.